The van der Waals surface area contributed by atoms with E-state index in [-0.39, 0.29) is 12.5 Å². The van der Waals surface area contributed by atoms with Gasteiger partial charge in [-0.2, -0.15) is 5.10 Å². The molecule has 0 aliphatic carbocycles. The molecule has 1 atom stereocenters. The van der Waals surface area contributed by atoms with E-state index in [1.54, 1.807) is 17.9 Å². The van der Waals surface area contributed by atoms with Crippen molar-refractivity contribution >= 4 is 5.91 Å². The van der Waals surface area contributed by atoms with Crippen molar-refractivity contribution in [1.29, 1.82) is 0 Å². The van der Waals surface area contributed by atoms with Crippen LogP contribution < -0.4 is 5.32 Å². The summed E-state index contributed by atoms with van der Waals surface area (Å²) in [5.74, 6) is -0.202. The minimum absolute atomic E-state index is 0.181. The molecule has 112 valence electrons. The van der Waals surface area contributed by atoms with Gasteiger partial charge in [-0.3, -0.25) is 9.48 Å². The molecule has 0 radical (unpaired) electrons. The van der Waals surface area contributed by atoms with Gasteiger partial charge in [-0.1, -0.05) is 36.8 Å². The zero-order valence-electron chi connectivity index (χ0n) is 12.6. The molecule has 0 aliphatic heterocycles. The van der Waals surface area contributed by atoms with Crippen LogP contribution in [0.25, 0.3) is 0 Å². The molecule has 2 N–H and O–H groups in total. The number of nitrogens with zero attached hydrogens (tertiary/aromatic N) is 2. The van der Waals surface area contributed by atoms with Crippen molar-refractivity contribution in [3.8, 4) is 0 Å². The third-order valence-electron chi connectivity index (χ3n) is 3.37. The van der Waals surface area contributed by atoms with Gasteiger partial charge in [0.15, 0.2) is 0 Å². The minimum atomic E-state index is -0.712. The molecule has 1 amide bonds. The van der Waals surface area contributed by atoms with Gasteiger partial charge >= 0.3 is 0 Å². The van der Waals surface area contributed by atoms with Crippen LogP contribution in [0.15, 0.2) is 30.5 Å². The first-order valence-electron chi connectivity index (χ1n) is 7.06. The summed E-state index contributed by atoms with van der Waals surface area (Å²) in [7, 11) is 1.79. The van der Waals surface area contributed by atoms with Crippen LogP contribution in [0.3, 0.4) is 0 Å². The summed E-state index contributed by atoms with van der Waals surface area (Å²) in [4.78, 5) is 12.2. The summed E-state index contributed by atoms with van der Waals surface area (Å²) in [6.45, 7) is 4.11. The molecule has 1 unspecified atom stereocenters. The first-order chi connectivity index (χ1) is 10.0. The second-order valence-corrected chi connectivity index (χ2v) is 5.16. The number of aliphatic hydroxyl groups excluding tert-OH is 1. The quantitative estimate of drug-likeness (QED) is 0.880. The van der Waals surface area contributed by atoms with Crippen molar-refractivity contribution < 1.29 is 9.90 Å². The van der Waals surface area contributed by atoms with E-state index in [0.29, 0.717) is 12.0 Å². The summed E-state index contributed by atoms with van der Waals surface area (Å²) in [5, 5.41) is 17.1. The normalized spacial score (nSPS) is 12.2. The van der Waals surface area contributed by atoms with E-state index in [9.17, 15) is 9.90 Å². The lowest BCUT2D eigenvalue weighted by Crippen LogP contribution is -2.28. The molecule has 1 heterocycles. The van der Waals surface area contributed by atoms with E-state index in [1.807, 2.05) is 38.1 Å². The van der Waals surface area contributed by atoms with Crippen LogP contribution in [0.4, 0.5) is 0 Å². The third-order valence-corrected chi connectivity index (χ3v) is 3.37. The van der Waals surface area contributed by atoms with Crippen LogP contribution in [0.5, 0.6) is 0 Å². The van der Waals surface area contributed by atoms with Crippen molar-refractivity contribution in [2.75, 3.05) is 6.54 Å². The number of carbonyl (C=O) groups excluding carboxylic acids is 1. The van der Waals surface area contributed by atoms with Gasteiger partial charge in [0.1, 0.15) is 0 Å². The van der Waals surface area contributed by atoms with Gasteiger partial charge in [0.25, 0.3) is 5.91 Å². The smallest absolute Gasteiger partial charge is 0.254 e. The topological polar surface area (TPSA) is 67.2 Å². The average molecular weight is 287 g/mol. The first-order valence-corrected chi connectivity index (χ1v) is 7.06. The van der Waals surface area contributed by atoms with Gasteiger partial charge in [-0.25, -0.2) is 0 Å². The average Bonchev–Trinajstić information content (AvgIpc) is 2.85. The minimum Gasteiger partial charge on any atom is -0.387 e. The van der Waals surface area contributed by atoms with E-state index >= 15 is 0 Å². The fraction of sp³-hybridized carbons (Fsp3) is 0.375. The van der Waals surface area contributed by atoms with Gasteiger partial charge in [0.2, 0.25) is 0 Å². The molecule has 0 fully saturated rings. The summed E-state index contributed by atoms with van der Waals surface area (Å²) in [6.07, 6.45) is 1.69. The SMILES string of the molecule is CCc1nn(C)cc1C(=O)NCC(O)c1cccc(C)c1. The highest BCUT2D eigenvalue weighted by Crippen LogP contribution is 2.14. The predicted octanol–water partition coefficient (Wildman–Crippen LogP) is 1.75. The number of hydrogen-bond donors (Lipinski definition) is 2. The number of nitrogens with one attached hydrogen (secondary N) is 1. The van der Waals surface area contributed by atoms with Crippen molar-refractivity contribution in [3.63, 3.8) is 0 Å². The standard InChI is InChI=1S/C16H21N3O2/c1-4-14-13(10-19(3)18-14)16(21)17-9-15(20)12-7-5-6-11(2)8-12/h5-8,10,15,20H,4,9H2,1-3H3,(H,17,21). The van der Waals surface area contributed by atoms with Crippen LogP contribution in [0, 0.1) is 6.92 Å². The van der Waals surface area contributed by atoms with E-state index in [0.717, 1.165) is 16.8 Å². The Morgan fingerprint density at radius 2 is 2.24 bits per heavy atom. The van der Waals surface area contributed by atoms with Crippen molar-refractivity contribution in [2.24, 2.45) is 7.05 Å². The Hall–Kier alpha value is -2.14. The molecule has 2 aromatic rings. The number of amides is 1. The van der Waals surface area contributed by atoms with Crippen molar-refractivity contribution in [2.45, 2.75) is 26.4 Å². The molecule has 5 nitrogen and oxygen atoms in total. The van der Waals surface area contributed by atoms with Crippen LogP contribution in [-0.2, 0) is 13.5 Å². The van der Waals surface area contributed by atoms with Crippen LogP contribution in [0.2, 0.25) is 0 Å². The van der Waals surface area contributed by atoms with Crippen molar-refractivity contribution in [1.82, 2.24) is 15.1 Å². The lowest BCUT2D eigenvalue weighted by atomic mass is 10.1. The lowest BCUT2D eigenvalue weighted by Gasteiger charge is -2.12. The maximum Gasteiger partial charge on any atom is 0.254 e. The number of aryl methyl sites for hydroxylation is 3. The van der Waals surface area contributed by atoms with Crippen LogP contribution in [0.1, 0.15) is 40.2 Å². The zero-order valence-corrected chi connectivity index (χ0v) is 12.6. The van der Waals surface area contributed by atoms with Gasteiger partial charge in [0.05, 0.1) is 17.4 Å². The molecule has 2 rings (SSSR count). The number of aliphatic hydroxyl groups is 1. The second-order valence-electron chi connectivity index (χ2n) is 5.16. The number of hydrogen-bond acceptors (Lipinski definition) is 3. The van der Waals surface area contributed by atoms with Gasteiger partial charge < -0.3 is 10.4 Å². The largest absolute Gasteiger partial charge is 0.387 e. The highest BCUT2D eigenvalue weighted by atomic mass is 16.3. The zero-order chi connectivity index (χ0) is 15.4. The molecule has 0 saturated heterocycles. The van der Waals surface area contributed by atoms with Gasteiger partial charge in [-0.05, 0) is 18.9 Å². The highest BCUT2D eigenvalue weighted by Gasteiger charge is 2.16. The second kappa shape index (κ2) is 6.54. The Kier molecular flexibility index (Phi) is 4.75. The van der Waals surface area contributed by atoms with E-state index in [1.165, 1.54) is 0 Å². The van der Waals surface area contributed by atoms with E-state index < -0.39 is 6.10 Å². The number of aromatic nitrogens is 2. The number of benzene rings is 1. The third kappa shape index (κ3) is 3.70. The van der Waals surface area contributed by atoms with Crippen LogP contribution >= 0.6 is 0 Å². The predicted molar refractivity (Wildman–Crippen MR) is 81.1 cm³/mol. The Morgan fingerprint density at radius 1 is 1.48 bits per heavy atom. The van der Waals surface area contributed by atoms with Crippen molar-refractivity contribution in [3.05, 3.63) is 52.8 Å². The Balaban J connectivity index is 2.00. The molecule has 1 aromatic carbocycles. The van der Waals surface area contributed by atoms with E-state index in [2.05, 4.69) is 10.4 Å². The fourth-order valence-corrected chi connectivity index (χ4v) is 2.27. The summed E-state index contributed by atoms with van der Waals surface area (Å²) in [5.41, 5.74) is 3.21. The number of carbonyl (C=O) groups is 1. The number of rotatable bonds is 5. The molecule has 5 heteroatoms. The Bertz CT molecular complexity index is 634. The van der Waals surface area contributed by atoms with Crippen LogP contribution in [-0.4, -0.2) is 27.3 Å². The first kappa shape index (κ1) is 15.3. The van der Waals surface area contributed by atoms with Gasteiger partial charge in [-0.15, -0.1) is 0 Å². The Labute approximate surface area is 124 Å². The summed E-state index contributed by atoms with van der Waals surface area (Å²) < 4.78 is 1.63. The monoisotopic (exact) mass is 287 g/mol. The fourth-order valence-electron chi connectivity index (χ4n) is 2.27. The highest BCUT2D eigenvalue weighted by molar-refractivity contribution is 5.95. The maximum absolute atomic E-state index is 12.2. The Morgan fingerprint density at radius 3 is 2.90 bits per heavy atom. The lowest BCUT2D eigenvalue weighted by molar-refractivity contribution is 0.0915. The van der Waals surface area contributed by atoms with E-state index in [4.69, 9.17) is 0 Å². The molecule has 21 heavy (non-hydrogen) atoms. The molecule has 1 aromatic heterocycles. The molecular weight excluding hydrogens is 266 g/mol. The summed E-state index contributed by atoms with van der Waals surface area (Å²) in [6, 6.07) is 7.63. The molecule has 0 aliphatic rings. The molecule has 0 bridgehead atoms. The molecule has 0 saturated carbocycles. The van der Waals surface area contributed by atoms with Gasteiger partial charge in [0, 0.05) is 19.8 Å². The summed E-state index contributed by atoms with van der Waals surface area (Å²) >= 11 is 0. The maximum atomic E-state index is 12.2. The molecular formula is C16H21N3O2. The molecule has 0 spiro atoms.